The Kier molecular flexibility index (Phi) is 5.79. The smallest absolute Gasteiger partial charge is 0.490 e. The lowest BCUT2D eigenvalue weighted by atomic mass is 9.89. The minimum Gasteiger partial charge on any atom is -0.490 e. The highest BCUT2D eigenvalue weighted by molar-refractivity contribution is 5.52. The largest absolute Gasteiger partial charge is 0.573 e. The minimum atomic E-state index is -4.70. The second-order valence-corrected chi connectivity index (χ2v) is 6.12. The molecule has 7 heteroatoms. The van der Waals surface area contributed by atoms with Gasteiger partial charge in [0.1, 0.15) is 5.75 Å². The summed E-state index contributed by atoms with van der Waals surface area (Å²) in [6.07, 6.45) is -3.85. The van der Waals surface area contributed by atoms with Crippen LogP contribution in [-0.4, -0.2) is 26.1 Å². The van der Waals surface area contributed by atoms with Gasteiger partial charge in [0.2, 0.25) is 0 Å². The van der Waals surface area contributed by atoms with Gasteiger partial charge >= 0.3 is 6.36 Å². The van der Waals surface area contributed by atoms with E-state index in [-0.39, 0.29) is 11.8 Å². The molecule has 0 fully saturated rings. The van der Waals surface area contributed by atoms with Gasteiger partial charge < -0.3 is 19.5 Å². The van der Waals surface area contributed by atoms with Crippen molar-refractivity contribution in [1.29, 1.82) is 0 Å². The molecule has 1 heterocycles. The van der Waals surface area contributed by atoms with Crippen LogP contribution in [0.25, 0.3) is 0 Å². The van der Waals surface area contributed by atoms with Gasteiger partial charge in [-0.3, -0.25) is 0 Å². The number of nitrogens with one attached hydrogen (secondary N) is 1. The molecule has 0 spiro atoms. The molecule has 0 unspecified atom stereocenters. The van der Waals surface area contributed by atoms with Crippen LogP contribution in [0.5, 0.6) is 17.2 Å². The Morgan fingerprint density at radius 1 is 1.00 bits per heavy atom. The van der Waals surface area contributed by atoms with Gasteiger partial charge in [-0.25, -0.2) is 0 Å². The van der Waals surface area contributed by atoms with Crippen molar-refractivity contribution in [3.8, 4) is 17.2 Å². The summed E-state index contributed by atoms with van der Waals surface area (Å²) in [5.74, 6) is 1.15. The summed E-state index contributed by atoms with van der Waals surface area (Å²) in [7, 11) is 0. The van der Waals surface area contributed by atoms with Crippen molar-refractivity contribution >= 4 is 0 Å². The normalized spacial score (nSPS) is 16.6. The molecule has 2 aromatic rings. The monoisotopic (exact) mass is 381 g/mol. The third-order valence-corrected chi connectivity index (χ3v) is 4.31. The zero-order valence-electron chi connectivity index (χ0n) is 15.2. The van der Waals surface area contributed by atoms with E-state index in [1.165, 1.54) is 12.1 Å². The molecule has 0 saturated heterocycles. The summed E-state index contributed by atoms with van der Waals surface area (Å²) in [5.41, 5.74) is 3.04. The molecule has 1 aliphatic rings. The summed E-state index contributed by atoms with van der Waals surface area (Å²) in [6, 6.07) is 9.77. The molecule has 146 valence electrons. The Hall–Kier alpha value is -2.41. The highest BCUT2D eigenvalue weighted by atomic mass is 19.4. The quantitative estimate of drug-likeness (QED) is 0.793. The number of alkyl halides is 3. The van der Waals surface area contributed by atoms with Crippen LogP contribution in [0.15, 0.2) is 36.4 Å². The van der Waals surface area contributed by atoms with Crippen LogP contribution in [-0.2, 0) is 6.42 Å². The molecule has 3 rings (SSSR count). The molecule has 4 nitrogen and oxygen atoms in total. The van der Waals surface area contributed by atoms with E-state index in [1.54, 1.807) is 12.1 Å². The SMILES string of the molecule is CCOc1cc2c(cc1OCC)[C@H](c1ccc(OC(F)(F)F)cc1)NCC2. The van der Waals surface area contributed by atoms with Crippen LogP contribution in [0.4, 0.5) is 13.2 Å². The van der Waals surface area contributed by atoms with E-state index < -0.39 is 6.36 Å². The van der Waals surface area contributed by atoms with Crippen molar-refractivity contribution in [1.82, 2.24) is 5.32 Å². The maximum atomic E-state index is 12.4. The van der Waals surface area contributed by atoms with Gasteiger partial charge in [0.25, 0.3) is 0 Å². The third-order valence-electron chi connectivity index (χ3n) is 4.31. The summed E-state index contributed by atoms with van der Waals surface area (Å²) in [5, 5.41) is 3.42. The van der Waals surface area contributed by atoms with Gasteiger partial charge in [-0.1, -0.05) is 12.1 Å². The number of hydrogen-bond acceptors (Lipinski definition) is 4. The Balaban J connectivity index is 1.92. The fourth-order valence-electron chi connectivity index (χ4n) is 3.26. The molecule has 1 aliphatic heterocycles. The third kappa shape index (κ3) is 4.66. The molecular formula is C20H22F3NO3. The second-order valence-electron chi connectivity index (χ2n) is 6.12. The first kappa shape index (κ1) is 19.4. The number of ether oxygens (including phenoxy) is 3. The minimum absolute atomic E-state index is 0.136. The van der Waals surface area contributed by atoms with Crippen molar-refractivity contribution in [3.05, 3.63) is 53.1 Å². The lowest BCUT2D eigenvalue weighted by molar-refractivity contribution is -0.274. The van der Waals surface area contributed by atoms with Crippen molar-refractivity contribution in [2.75, 3.05) is 19.8 Å². The van der Waals surface area contributed by atoms with Crippen molar-refractivity contribution in [2.24, 2.45) is 0 Å². The van der Waals surface area contributed by atoms with Crippen LogP contribution >= 0.6 is 0 Å². The van der Waals surface area contributed by atoms with E-state index in [0.717, 1.165) is 29.7 Å². The van der Waals surface area contributed by atoms with Gasteiger partial charge in [-0.2, -0.15) is 0 Å². The topological polar surface area (TPSA) is 39.7 Å². The van der Waals surface area contributed by atoms with E-state index in [1.807, 2.05) is 26.0 Å². The van der Waals surface area contributed by atoms with Crippen LogP contribution in [0, 0.1) is 0 Å². The van der Waals surface area contributed by atoms with Gasteiger partial charge in [0.05, 0.1) is 19.3 Å². The number of fused-ring (bicyclic) bond motifs is 1. The van der Waals surface area contributed by atoms with E-state index in [2.05, 4.69) is 10.1 Å². The van der Waals surface area contributed by atoms with E-state index in [9.17, 15) is 13.2 Å². The Morgan fingerprint density at radius 2 is 1.63 bits per heavy atom. The standard InChI is InChI=1S/C20H22F3NO3/c1-3-25-17-11-14-9-10-24-19(16(14)12-18(17)26-4-2)13-5-7-15(8-6-13)27-20(21,22)23/h5-8,11-12,19,24H,3-4,9-10H2,1-2H3/t19-/m0/s1. The second kappa shape index (κ2) is 8.08. The number of rotatable bonds is 6. The fraction of sp³-hybridized carbons (Fsp3) is 0.400. The van der Waals surface area contributed by atoms with Gasteiger partial charge in [0, 0.05) is 6.54 Å². The van der Waals surface area contributed by atoms with Gasteiger partial charge in [-0.05, 0) is 61.2 Å². The molecule has 0 aromatic heterocycles. The first-order valence-electron chi connectivity index (χ1n) is 8.92. The molecule has 2 aromatic carbocycles. The van der Waals surface area contributed by atoms with Gasteiger partial charge in [-0.15, -0.1) is 13.2 Å². The van der Waals surface area contributed by atoms with Crippen LogP contribution in [0.3, 0.4) is 0 Å². The maximum absolute atomic E-state index is 12.4. The zero-order valence-corrected chi connectivity index (χ0v) is 15.2. The molecular weight excluding hydrogens is 359 g/mol. The Bertz CT molecular complexity index is 775. The van der Waals surface area contributed by atoms with Crippen LogP contribution in [0.2, 0.25) is 0 Å². The maximum Gasteiger partial charge on any atom is 0.573 e. The molecule has 1 atom stereocenters. The average Bonchev–Trinajstić information content (AvgIpc) is 2.62. The molecule has 0 saturated carbocycles. The summed E-state index contributed by atoms with van der Waals surface area (Å²) < 4.78 is 52.4. The Morgan fingerprint density at radius 3 is 2.22 bits per heavy atom. The molecule has 0 radical (unpaired) electrons. The van der Waals surface area contributed by atoms with Crippen molar-refractivity contribution < 1.29 is 27.4 Å². The average molecular weight is 381 g/mol. The zero-order chi connectivity index (χ0) is 19.4. The summed E-state index contributed by atoms with van der Waals surface area (Å²) >= 11 is 0. The van der Waals surface area contributed by atoms with Crippen molar-refractivity contribution in [3.63, 3.8) is 0 Å². The molecule has 0 amide bonds. The number of halogens is 3. The predicted octanol–water partition coefficient (Wildman–Crippen LogP) is 4.62. The number of benzene rings is 2. The van der Waals surface area contributed by atoms with E-state index in [0.29, 0.717) is 24.7 Å². The molecule has 1 N–H and O–H groups in total. The van der Waals surface area contributed by atoms with Gasteiger partial charge in [0.15, 0.2) is 11.5 Å². The van der Waals surface area contributed by atoms with Crippen molar-refractivity contribution in [2.45, 2.75) is 32.7 Å². The van der Waals surface area contributed by atoms with E-state index >= 15 is 0 Å². The fourth-order valence-corrected chi connectivity index (χ4v) is 3.26. The molecule has 0 aliphatic carbocycles. The first-order valence-corrected chi connectivity index (χ1v) is 8.92. The number of hydrogen-bond donors (Lipinski definition) is 1. The molecule has 0 bridgehead atoms. The predicted molar refractivity (Wildman–Crippen MR) is 95.5 cm³/mol. The lowest BCUT2D eigenvalue weighted by Crippen LogP contribution is -2.30. The highest BCUT2D eigenvalue weighted by Gasteiger charge is 2.31. The first-order chi connectivity index (χ1) is 12.9. The van der Waals surface area contributed by atoms with Crippen LogP contribution in [0.1, 0.15) is 36.6 Å². The molecule has 27 heavy (non-hydrogen) atoms. The Labute approximate surface area is 156 Å². The summed E-state index contributed by atoms with van der Waals surface area (Å²) in [4.78, 5) is 0. The summed E-state index contributed by atoms with van der Waals surface area (Å²) in [6.45, 7) is 5.65. The van der Waals surface area contributed by atoms with E-state index in [4.69, 9.17) is 9.47 Å². The highest BCUT2D eigenvalue weighted by Crippen LogP contribution is 2.38. The lowest BCUT2D eigenvalue weighted by Gasteiger charge is -2.29. The van der Waals surface area contributed by atoms with Crippen LogP contribution < -0.4 is 19.5 Å².